The van der Waals surface area contributed by atoms with Crippen LogP contribution in [0.25, 0.3) is 0 Å². The zero-order valence-corrected chi connectivity index (χ0v) is 56.7. The number of carbonyl (C=O) groups is 2. The molecule has 0 heterocycles. The van der Waals surface area contributed by atoms with Crippen LogP contribution in [0.2, 0.25) is 0 Å². The largest absolute Gasteiger partial charge is 0.466 e. The van der Waals surface area contributed by atoms with Crippen LogP contribution >= 0.6 is 0 Å². The summed E-state index contributed by atoms with van der Waals surface area (Å²) in [7, 11) is 0. The van der Waals surface area contributed by atoms with Gasteiger partial charge in [-0.1, -0.05) is 411 Å². The summed E-state index contributed by atoms with van der Waals surface area (Å²) in [6.07, 6.45) is 91.7. The molecule has 6 heteroatoms. The highest BCUT2D eigenvalue weighted by atomic mass is 16.5. The molecule has 494 valence electrons. The average molecular weight is 1170 g/mol. The fourth-order valence-corrected chi connectivity index (χ4v) is 12.5. The Morgan fingerprint density at radius 2 is 0.554 bits per heavy atom. The molecule has 0 spiro atoms. The molecule has 1 amide bonds. The Morgan fingerprint density at radius 1 is 0.325 bits per heavy atom. The van der Waals surface area contributed by atoms with Gasteiger partial charge in [0.15, 0.2) is 0 Å². The summed E-state index contributed by atoms with van der Waals surface area (Å²) in [6.45, 7) is 4.96. The Hall–Kier alpha value is -1.40. The van der Waals surface area contributed by atoms with E-state index in [1.54, 1.807) is 6.08 Å². The van der Waals surface area contributed by atoms with Crippen LogP contribution in [-0.4, -0.2) is 47.4 Å². The molecule has 0 saturated heterocycles. The number of rotatable bonds is 73. The van der Waals surface area contributed by atoms with Crippen molar-refractivity contribution in [1.29, 1.82) is 0 Å². The number of allylic oxidation sites excluding steroid dienone is 1. The lowest BCUT2D eigenvalue weighted by atomic mass is 10.0. The first-order valence-electron chi connectivity index (χ1n) is 38.5. The Kier molecular flexibility index (Phi) is 71.8. The highest BCUT2D eigenvalue weighted by molar-refractivity contribution is 5.76. The summed E-state index contributed by atoms with van der Waals surface area (Å²) < 4.78 is 5.51. The third kappa shape index (κ3) is 69.6. The van der Waals surface area contributed by atoms with E-state index in [9.17, 15) is 19.8 Å². The van der Waals surface area contributed by atoms with Gasteiger partial charge in [0.1, 0.15) is 0 Å². The Bertz CT molecular complexity index is 1260. The lowest BCUT2D eigenvalue weighted by Gasteiger charge is -2.20. The van der Waals surface area contributed by atoms with Crippen LogP contribution in [0.1, 0.15) is 444 Å². The summed E-state index contributed by atoms with van der Waals surface area (Å²) in [4.78, 5) is 24.7. The van der Waals surface area contributed by atoms with Crippen molar-refractivity contribution in [2.75, 3.05) is 13.2 Å². The van der Waals surface area contributed by atoms with E-state index in [0.717, 1.165) is 38.5 Å². The number of hydrogen-bond donors (Lipinski definition) is 3. The minimum absolute atomic E-state index is 0.0208. The number of aliphatic hydroxyl groups is 2. The summed E-state index contributed by atoms with van der Waals surface area (Å²) in [5, 5.41) is 23.3. The average Bonchev–Trinajstić information content (AvgIpc) is 3.49. The molecule has 0 aromatic heterocycles. The van der Waals surface area contributed by atoms with Crippen LogP contribution in [0.5, 0.6) is 0 Å². The first kappa shape index (κ1) is 81.6. The third-order valence-corrected chi connectivity index (χ3v) is 18.3. The number of aliphatic hydroxyl groups excluding tert-OH is 2. The van der Waals surface area contributed by atoms with Crippen molar-refractivity contribution in [3.05, 3.63) is 12.2 Å². The number of ether oxygens (including phenoxy) is 1. The molecule has 6 nitrogen and oxygen atoms in total. The second kappa shape index (κ2) is 73.1. The molecular formula is C77H151NO5. The smallest absolute Gasteiger partial charge is 0.305 e. The van der Waals surface area contributed by atoms with Gasteiger partial charge in [0.05, 0.1) is 25.4 Å². The maximum absolute atomic E-state index is 12.6. The van der Waals surface area contributed by atoms with Crippen molar-refractivity contribution >= 4 is 11.9 Å². The monoisotopic (exact) mass is 1170 g/mol. The maximum Gasteiger partial charge on any atom is 0.305 e. The molecule has 2 atom stereocenters. The second-order valence-electron chi connectivity index (χ2n) is 26.7. The zero-order chi connectivity index (χ0) is 59.9. The van der Waals surface area contributed by atoms with Gasteiger partial charge in [-0.05, 0) is 32.1 Å². The highest BCUT2D eigenvalue weighted by Crippen LogP contribution is 2.20. The van der Waals surface area contributed by atoms with Gasteiger partial charge in [0.2, 0.25) is 5.91 Å². The molecule has 3 N–H and O–H groups in total. The minimum atomic E-state index is -0.844. The van der Waals surface area contributed by atoms with E-state index in [2.05, 4.69) is 19.2 Å². The van der Waals surface area contributed by atoms with E-state index < -0.39 is 12.1 Å². The van der Waals surface area contributed by atoms with Crippen LogP contribution in [0.4, 0.5) is 0 Å². The van der Waals surface area contributed by atoms with E-state index in [-0.39, 0.29) is 18.5 Å². The van der Waals surface area contributed by atoms with Gasteiger partial charge >= 0.3 is 5.97 Å². The number of hydrogen-bond acceptors (Lipinski definition) is 5. The minimum Gasteiger partial charge on any atom is -0.466 e. The molecule has 83 heavy (non-hydrogen) atoms. The SMILES string of the molecule is CCCCCCCCCCCCCCCCCCCCCCCCC/C=C/C(O)C(CO)NC(=O)CCCCCCCCCCCCCCCCCCCCCCCCCCCOC(=O)CCCCCCCCCCCCCCCCCC. The first-order valence-corrected chi connectivity index (χ1v) is 38.5. The predicted octanol–water partition coefficient (Wildman–Crippen LogP) is 25.1. The van der Waals surface area contributed by atoms with Gasteiger partial charge in [-0.2, -0.15) is 0 Å². The van der Waals surface area contributed by atoms with Crippen molar-refractivity contribution in [2.24, 2.45) is 0 Å². The van der Waals surface area contributed by atoms with Crippen LogP contribution in [0.3, 0.4) is 0 Å². The molecule has 0 bridgehead atoms. The predicted molar refractivity (Wildman–Crippen MR) is 366 cm³/mol. The summed E-state index contributed by atoms with van der Waals surface area (Å²) in [6, 6.07) is -0.627. The summed E-state index contributed by atoms with van der Waals surface area (Å²) in [5.41, 5.74) is 0. The number of carbonyl (C=O) groups excluding carboxylic acids is 2. The van der Waals surface area contributed by atoms with Crippen LogP contribution in [0.15, 0.2) is 12.2 Å². The van der Waals surface area contributed by atoms with Gasteiger partial charge < -0.3 is 20.3 Å². The van der Waals surface area contributed by atoms with Gasteiger partial charge in [-0.25, -0.2) is 0 Å². The quantitative estimate of drug-likeness (QED) is 0.0320. The van der Waals surface area contributed by atoms with E-state index in [1.165, 1.54) is 379 Å². The molecule has 0 aliphatic rings. The Balaban J connectivity index is 3.37. The third-order valence-electron chi connectivity index (χ3n) is 18.3. The standard InChI is InChI=1S/C77H151NO5/c1-3-5-7-9-11-13-15-17-19-21-22-23-24-26-29-32-35-38-41-45-49-53-57-61-65-69-75(80)74(73-79)78-76(81)70-66-62-58-54-50-46-42-39-36-33-30-27-25-28-31-34-37-40-44-48-52-56-60-64-68-72-83-77(82)71-67-63-59-55-51-47-43-20-18-16-14-12-10-8-6-4-2/h65,69,74-75,79-80H,3-64,66-68,70-73H2,1-2H3,(H,78,81)/b69-65+. The van der Waals surface area contributed by atoms with Gasteiger partial charge in [0, 0.05) is 12.8 Å². The van der Waals surface area contributed by atoms with E-state index in [1.807, 2.05) is 6.08 Å². The number of esters is 1. The molecule has 0 aliphatic carbocycles. The van der Waals surface area contributed by atoms with E-state index >= 15 is 0 Å². The Morgan fingerprint density at radius 3 is 0.819 bits per heavy atom. The summed E-state index contributed by atoms with van der Waals surface area (Å²) in [5.74, 6) is -0.0396. The lowest BCUT2D eigenvalue weighted by molar-refractivity contribution is -0.143. The number of unbranched alkanes of at least 4 members (excludes halogenated alkanes) is 62. The molecule has 2 unspecified atom stereocenters. The fraction of sp³-hybridized carbons (Fsp3) is 0.948. The normalized spacial score (nSPS) is 12.5. The maximum atomic E-state index is 12.6. The molecule has 0 aromatic rings. The van der Waals surface area contributed by atoms with Crippen molar-refractivity contribution in [1.82, 2.24) is 5.32 Å². The van der Waals surface area contributed by atoms with E-state index in [0.29, 0.717) is 19.4 Å². The van der Waals surface area contributed by atoms with Gasteiger partial charge in [-0.15, -0.1) is 0 Å². The van der Waals surface area contributed by atoms with Crippen LogP contribution < -0.4 is 5.32 Å². The molecule has 0 radical (unpaired) electrons. The van der Waals surface area contributed by atoms with Crippen molar-refractivity contribution in [3.63, 3.8) is 0 Å². The number of nitrogens with one attached hydrogen (secondary N) is 1. The highest BCUT2D eigenvalue weighted by Gasteiger charge is 2.18. The second-order valence-corrected chi connectivity index (χ2v) is 26.7. The summed E-state index contributed by atoms with van der Waals surface area (Å²) >= 11 is 0. The molecule has 0 fully saturated rings. The Labute approximate surface area is 520 Å². The van der Waals surface area contributed by atoms with Gasteiger partial charge in [-0.3, -0.25) is 9.59 Å². The zero-order valence-electron chi connectivity index (χ0n) is 56.7. The molecular weight excluding hydrogens is 1020 g/mol. The lowest BCUT2D eigenvalue weighted by Crippen LogP contribution is -2.45. The topological polar surface area (TPSA) is 95.9 Å². The number of amides is 1. The fourth-order valence-electron chi connectivity index (χ4n) is 12.5. The molecule has 0 rings (SSSR count). The van der Waals surface area contributed by atoms with E-state index in [4.69, 9.17) is 4.74 Å². The van der Waals surface area contributed by atoms with Crippen LogP contribution in [0, 0.1) is 0 Å². The van der Waals surface area contributed by atoms with Crippen LogP contribution in [-0.2, 0) is 14.3 Å². The van der Waals surface area contributed by atoms with Crippen molar-refractivity contribution in [3.8, 4) is 0 Å². The molecule has 0 saturated carbocycles. The molecule has 0 aromatic carbocycles. The molecule has 0 aliphatic heterocycles. The first-order chi connectivity index (χ1) is 41.0. The van der Waals surface area contributed by atoms with Crippen molar-refractivity contribution < 1.29 is 24.5 Å². The van der Waals surface area contributed by atoms with Crippen molar-refractivity contribution in [2.45, 2.75) is 456 Å². The van der Waals surface area contributed by atoms with Gasteiger partial charge in [0.25, 0.3) is 0 Å².